The second kappa shape index (κ2) is 12.3. The van der Waals surface area contributed by atoms with Crippen LogP contribution >= 0.6 is 23.4 Å². The normalized spacial score (nSPS) is 16.8. The van der Waals surface area contributed by atoms with E-state index in [0.29, 0.717) is 71.9 Å². The number of rotatable bonds is 10. The Kier molecular flexibility index (Phi) is 9.31. The molecule has 1 aromatic heterocycles. The number of thioether (sulfide) groups is 1. The zero-order valence-electron chi connectivity index (χ0n) is 21.4. The van der Waals surface area contributed by atoms with Crippen LogP contribution in [0.3, 0.4) is 0 Å². The van der Waals surface area contributed by atoms with Gasteiger partial charge in [-0.1, -0.05) is 11.6 Å². The second-order valence-electron chi connectivity index (χ2n) is 9.76. The number of carboxylic acid groups (broad SMARTS) is 1. The first-order valence-electron chi connectivity index (χ1n) is 12.6. The van der Waals surface area contributed by atoms with Crippen LogP contribution in [0.25, 0.3) is 10.9 Å². The fraction of sp³-hybridized carbons (Fsp3) is 0.429. The van der Waals surface area contributed by atoms with E-state index in [0.717, 1.165) is 17.0 Å². The third kappa shape index (κ3) is 6.98. The summed E-state index contributed by atoms with van der Waals surface area (Å²) in [6, 6.07) is 10.4. The van der Waals surface area contributed by atoms with Crippen LogP contribution in [0.2, 0.25) is 5.02 Å². The van der Waals surface area contributed by atoms with Crippen molar-refractivity contribution in [3.63, 3.8) is 0 Å². The SMILES string of the molecule is COc1ccc2ncc(Cl)c([C@H](O)CCC3(C(=O)O)CCN(CCSc4ccc(C(F)(F)F)cc4)CC3)c2c1. The Hall–Kier alpha value is -2.53. The number of aliphatic carboxylic acids is 1. The summed E-state index contributed by atoms with van der Waals surface area (Å²) in [6.07, 6.45) is -2.42. The molecule has 11 heteroatoms. The summed E-state index contributed by atoms with van der Waals surface area (Å²) >= 11 is 7.88. The van der Waals surface area contributed by atoms with Crippen molar-refractivity contribution >= 4 is 40.2 Å². The number of benzene rings is 2. The van der Waals surface area contributed by atoms with E-state index in [9.17, 15) is 28.2 Å². The number of aliphatic hydroxyl groups excluding tert-OH is 1. The van der Waals surface area contributed by atoms with Crippen LogP contribution in [-0.2, 0) is 11.0 Å². The average molecular weight is 583 g/mol. The van der Waals surface area contributed by atoms with Gasteiger partial charge in [-0.15, -0.1) is 11.8 Å². The monoisotopic (exact) mass is 582 g/mol. The van der Waals surface area contributed by atoms with Gasteiger partial charge in [0.25, 0.3) is 0 Å². The number of hydrogen-bond donors (Lipinski definition) is 2. The van der Waals surface area contributed by atoms with Crippen molar-refractivity contribution in [2.24, 2.45) is 5.41 Å². The molecule has 1 aliphatic rings. The van der Waals surface area contributed by atoms with E-state index in [-0.39, 0.29) is 6.42 Å². The van der Waals surface area contributed by atoms with Crippen LogP contribution < -0.4 is 4.74 Å². The first-order valence-corrected chi connectivity index (χ1v) is 13.9. The van der Waals surface area contributed by atoms with Gasteiger partial charge in [-0.2, -0.15) is 13.2 Å². The predicted molar refractivity (Wildman–Crippen MR) is 145 cm³/mol. The number of likely N-dealkylation sites (tertiary alicyclic amines) is 1. The van der Waals surface area contributed by atoms with E-state index in [1.165, 1.54) is 30.1 Å². The van der Waals surface area contributed by atoms with Gasteiger partial charge >= 0.3 is 12.1 Å². The van der Waals surface area contributed by atoms with Crippen LogP contribution in [0, 0.1) is 5.41 Å². The molecule has 0 bridgehead atoms. The third-order valence-electron chi connectivity index (χ3n) is 7.42. The molecule has 4 rings (SSSR count). The Balaban J connectivity index is 1.33. The fourth-order valence-corrected chi connectivity index (χ4v) is 6.19. The topological polar surface area (TPSA) is 82.9 Å². The Labute approximate surface area is 234 Å². The van der Waals surface area contributed by atoms with Gasteiger partial charge in [-0.3, -0.25) is 9.78 Å². The summed E-state index contributed by atoms with van der Waals surface area (Å²) in [5.41, 5.74) is -0.453. The summed E-state index contributed by atoms with van der Waals surface area (Å²) in [7, 11) is 1.55. The van der Waals surface area contributed by atoms with Crippen LogP contribution in [0.4, 0.5) is 13.2 Å². The maximum Gasteiger partial charge on any atom is 0.416 e. The van der Waals surface area contributed by atoms with E-state index in [1.54, 1.807) is 25.3 Å². The summed E-state index contributed by atoms with van der Waals surface area (Å²) < 4.78 is 43.5. The number of fused-ring (bicyclic) bond motifs is 1. The highest BCUT2D eigenvalue weighted by molar-refractivity contribution is 7.99. The molecule has 1 saturated heterocycles. The largest absolute Gasteiger partial charge is 0.497 e. The number of piperidine rings is 1. The molecule has 6 nitrogen and oxygen atoms in total. The predicted octanol–water partition coefficient (Wildman–Crippen LogP) is 6.69. The van der Waals surface area contributed by atoms with E-state index >= 15 is 0 Å². The van der Waals surface area contributed by atoms with Crippen molar-refractivity contribution in [3.8, 4) is 5.75 Å². The number of nitrogens with zero attached hydrogens (tertiary/aromatic N) is 2. The smallest absolute Gasteiger partial charge is 0.416 e. The van der Waals surface area contributed by atoms with Crippen molar-refractivity contribution in [2.45, 2.75) is 42.9 Å². The number of carbonyl (C=O) groups is 1. The highest BCUT2D eigenvalue weighted by atomic mass is 35.5. The van der Waals surface area contributed by atoms with Crippen LogP contribution in [0.1, 0.15) is 42.9 Å². The minimum Gasteiger partial charge on any atom is -0.497 e. The number of pyridine rings is 1. The van der Waals surface area contributed by atoms with Gasteiger partial charge < -0.3 is 19.8 Å². The van der Waals surface area contributed by atoms with Gasteiger partial charge in [0.05, 0.1) is 34.7 Å². The first-order chi connectivity index (χ1) is 18.5. The minimum absolute atomic E-state index is 0.228. The molecule has 0 saturated carbocycles. The fourth-order valence-electron chi connectivity index (χ4n) is 5.00. The van der Waals surface area contributed by atoms with Crippen LogP contribution in [-0.4, -0.2) is 58.6 Å². The number of alkyl halides is 3. The number of halogens is 4. The molecule has 0 radical (unpaired) electrons. The second-order valence-corrected chi connectivity index (χ2v) is 11.3. The minimum atomic E-state index is -4.35. The zero-order chi connectivity index (χ0) is 28.2. The lowest BCUT2D eigenvalue weighted by Gasteiger charge is -2.39. The summed E-state index contributed by atoms with van der Waals surface area (Å²) in [6.45, 7) is 1.88. The number of hydrogen-bond acceptors (Lipinski definition) is 6. The molecule has 2 N–H and O–H groups in total. The molecule has 39 heavy (non-hydrogen) atoms. The van der Waals surface area contributed by atoms with Gasteiger partial charge in [-0.05, 0) is 81.2 Å². The number of ether oxygens (including phenoxy) is 1. The van der Waals surface area contributed by atoms with Crippen LogP contribution in [0.5, 0.6) is 5.75 Å². The molecular formula is C28H30ClF3N2O4S. The van der Waals surface area contributed by atoms with Gasteiger partial charge in [0.1, 0.15) is 5.75 Å². The summed E-state index contributed by atoms with van der Waals surface area (Å²) in [4.78, 5) is 19.6. The van der Waals surface area contributed by atoms with E-state index in [4.69, 9.17) is 16.3 Å². The van der Waals surface area contributed by atoms with E-state index in [1.807, 2.05) is 0 Å². The summed E-state index contributed by atoms with van der Waals surface area (Å²) in [5, 5.41) is 22.2. The average Bonchev–Trinajstić information content (AvgIpc) is 2.91. The number of methoxy groups -OCH3 is 1. The molecule has 0 amide bonds. The molecule has 3 aromatic rings. The molecule has 2 aromatic carbocycles. The quantitative estimate of drug-likeness (QED) is 0.258. The molecule has 210 valence electrons. The number of carboxylic acids is 1. The first kappa shape index (κ1) is 29.5. The standard InChI is InChI=1S/C28H30ClF3N2O4S/c1-38-19-4-7-23-21(16-19)25(22(29)17-33-23)24(35)8-9-27(26(36)37)10-12-34(13-11-27)14-15-39-20-5-2-18(3-6-20)28(30,31)32/h2-7,16-17,24,35H,8-15H2,1H3,(H,36,37)/t24-/m1/s1. The molecule has 1 aliphatic heterocycles. The maximum atomic E-state index is 12.7. The van der Waals surface area contributed by atoms with Crippen molar-refractivity contribution < 1.29 is 32.9 Å². The van der Waals surface area contributed by atoms with Crippen molar-refractivity contribution in [2.75, 3.05) is 32.5 Å². The molecule has 0 unspecified atom stereocenters. The molecule has 1 atom stereocenters. The van der Waals surface area contributed by atoms with Gasteiger partial charge in [0, 0.05) is 34.3 Å². The van der Waals surface area contributed by atoms with E-state index in [2.05, 4.69) is 9.88 Å². The Morgan fingerprint density at radius 3 is 2.51 bits per heavy atom. The lowest BCUT2D eigenvalue weighted by atomic mass is 9.74. The van der Waals surface area contributed by atoms with Gasteiger partial charge in [0.15, 0.2) is 0 Å². The molecule has 2 heterocycles. The Morgan fingerprint density at radius 1 is 1.21 bits per heavy atom. The molecule has 0 spiro atoms. The maximum absolute atomic E-state index is 12.7. The van der Waals surface area contributed by atoms with Crippen LogP contribution in [0.15, 0.2) is 53.6 Å². The van der Waals surface area contributed by atoms with Crippen molar-refractivity contribution in [3.05, 3.63) is 64.8 Å². The molecule has 0 aliphatic carbocycles. The highest BCUT2D eigenvalue weighted by Crippen LogP contribution is 2.41. The lowest BCUT2D eigenvalue weighted by Crippen LogP contribution is -2.45. The lowest BCUT2D eigenvalue weighted by molar-refractivity contribution is -0.153. The Bertz CT molecular complexity index is 1300. The zero-order valence-corrected chi connectivity index (χ0v) is 23.0. The van der Waals surface area contributed by atoms with Gasteiger partial charge in [0.2, 0.25) is 0 Å². The van der Waals surface area contributed by atoms with Crippen molar-refractivity contribution in [1.82, 2.24) is 9.88 Å². The molecular weight excluding hydrogens is 553 g/mol. The highest BCUT2D eigenvalue weighted by Gasteiger charge is 2.41. The van der Waals surface area contributed by atoms with Gasteiger partial charge in [-0.25, -0.2) is 0 Å². The number of aromatic nitrogens is 1. The number of aliphatic hydroxyl groups is 1. The van der Waals surface area contributed by atoms with Crippen molar-refractivity contribution in [1.29, 1.82) is 0 Å². The summed E-state index contributed by atoms with van der Waals surface area (Å²) in [5.74, 6) is 0.410. The van der Waals surface area contributed by atoms with E-state index < -0.39 is 29.2 Å². The molecule has 1 fully saturated rings. The Morgan fingerprint density at radius 2 is 1.90 bits per heavy atom. The third-order valence-corrected chi connectivity index (χ3v) is 8.72.